The van der Waals surface area contributed by atoms with Gasteiger partial charge in [-0.05, 0) is 42.5 Å². The van der Waals surface area contributed by atoms with E-state index in [2.05, 4.69) is 32.6 Å². The molecule has 1 fully saturated rings. The molecule has 0 spiro atoms. The second-order valence-electron chi connectivity index (χ2n) is 6.05. The normalized spacial score (nSPS) is 16.2. The topological polar surface area (TPSA) is 53.9 Å². The summed E-state index contributed by atoms with van der Waals surface area (Å²) >= 11 is 3.30. The van der Waals surface area contributed by atoms with Gasteiger partial charge in [0.15, 0.2) is 0 Å². The minimum atomic E-state index is -3.58. The number of likely N-dealkylation sites (N-methyl/N-ethyl adjacent to an activating group) is 1. The zero-order valence-corrected chi connectivity index (χ0v) is 15.9. The van der Waals surface area contributed by atoms with E-state index in [4.69, 9.17) is 0 Å². The molecule has 0 saturated carbocycles. The van der Waals surface area contributed by atoms with E-state index in [1.165, 1.54) is 0 Å². The van der Waals surface area contributed by atoms with Gasteiger partial charge in [0.25, 0.3) is 10.0 Å². The Morgan fingerprint density at radius 1 is 1.08 bits per heavy atom. The predicted molar refractivity (Wildman–Crippen MR) is 100 cm³/mol. The van der Waals surface area contributed by atoms with Crippen molar-refractivity contribution in [2.75, 3.05) is 42.8 Å². The van der Waals surface area contributed by atoms with E-state index in [0.717, 1.165) is 36.3 Å². The zero-order valence-electron chi connectivity index (χ0n) is 13.5. The molecular formula is C17H21BrN3O2S+. The molecule has 3 rings (SSSR count). The molecule has 2 N–H and O–H groups in total. The molecule has 0 amide bonds. The fraction of sp³-hybridized carbons (Fsp3) is 0.294. The predicted octanol–water partition coefficient (Wildman–Crippen LogP) is 1.58. The second-order valence-corrected chi connectivity index (χ2v) is 8.65. The van der Waals surface area contributed by atoms with Crippen LogP contribution in [0.1, 0.15) is 0 Å². The van der Waals surface area contributed by atoms with Crippen molar-refractivity contribution in [1.29, 1.82) is 0 Å². The van der Waals surface area contributed by atoms with Gasteiger partial charge in [-0.25, -0.2) is 8.42 Å². The van der Waals surface area contributed by atoms with Crippen LogP contribution in [0.25, 0.3) is 0 Å². The number of hydrogen-bond acceptors (Lipinski definition) is 3. The zero-order chi connectivity index (χ0) is 17.2. The molecule has 0 bridgehead atoms. The summed E-state index contributed by atoms with van der Waals surface area (Å²) in [7, 11) is -1.37. The van der Waals surface area contributed by atoms with Gasteiger partial charge in [-0.2, -0.15) is 0 Å². The summed E-state index contributed by atoms with van der Waals surface area (Å²) in [5.41, 5.74) is 1.70. The van der Waals surface area contributed by atoms with Gasteiger partial charge in [0.1, 0.15) is 0 Å². The van der Waals surface area contributed by atoms with Gasteiger partial charge in [0.2, 0.25) is 0 Å². The molecule has 0 atom stereocenters. The van der Waals surface area contributed by atoms with Gasteiger partial charge in [0.05, 0.1) is 38.1 Å². The Labute approximate surface area is 151 Å². The molecular weight excluding hydrogens is 390 g/mol. The number of rotatable bonds is 4. The highest BCUT2D eigenvalue weighted by Gasteiger charge is 2.18. The standard InChI is InChI=1S/C17H20BrN3O2S/c1-20-9-11-21(12-10-20)16-7-5-15(6-8-16)19-24(22,23)17-4-2-3-14(18)13-17/h2-8,13,19H,9-12H2,1H3/p+1. The van der Waals surface area contributed by atoms with Crippen LogP contribution in [0.3, 0.4) is 0 Å². The quantitative estimate of drug-likeness (QED) is 0.804. The molecule has 128 valence electrons. The van der Waals surface area contributed by atoms with Crippen LogP contribution in [0.5, 0.6) is 0 Å². The molecule has 7 heteroatoms. The molecule has 1 aliphatic rings. The first-order valence-corrected chi connectivity index (χ1v) is 10.2. The van der Waals surface area contributed by atoms with Crippen molar-refractivity contribution < 1.29 is 13.3 Å². The van der Waals surface area contributed by atoms with Crippen LogP contribution < -0.4 is 14.5 Å². The molecule has 0 aliphatic carbocycles. The number of anilines is 2. The second kappa shape index (κ2) is 7.13. The summed E-state index contributed by atoms with van der Waals surface area (Å²) in [4.78, 5) is 4.12. The minimum absolute atomic E-state index is 0.239. The molecule has 0 unspecified atom stereocenters. The van der Waals surface area contributed by atoms with Crippen molar-refractivity contribution >= 4 is 37.3 Å². The van der Waals surface area contributed by atoms with Gasteiger partial charge in [-0.15, -0.1) is 0 Å². The Kier molecular flexibility index (Phi) is 5.12. The van der Waals surface area contributed by atoms with Crippen molar-refractivity contribution in [3.8, 4) is 0 Å². The number of halogens is 1. The third-order valence-electron chi connectivity index (χ3n) is 4.21. The van der Waals surface area contributed by atoms with Gasteiger partial charge in [-0.3, -0.25) is 4.72 Å². The van der Waals surface area contributed by atoms with E-state index in [0.29, 0.717) is 5.69 Å². The summed E-state index contributed by atoms with van der Waals surface area (Å²) in [6.45, 7) is 4.29. The third kappa shape index (κ3) is 4.09. The molecule has 2 aromatic rings. The molecule has 0 aromatic heterocycles. The van der Waals surface area contributed by atoms with Crippen molar-refractivity contribution in [2.24, 2.45) is 0 Å². The SMILES string of the molecule is C[NH+]1CCN(c2ccc(NS(=O)(=O)c3cccc(Br)c3)cc2)CC1. The van der Waals surface area contributed by atoms with E-state index in [-0.39, 0.29) is 4.90 Å². The lowest BCUT2D eigenvalue weighted by Crippen LogP contribution is -3.12. The minimum Gasteiger partial charge on any atom is -0.360 e. The maximum Gasteiger partial charge on any atom is 0.261 e. The maximum atomic E-state index is 12.4. The van der Waals surface area contributed by atoms with Gasteiger partial charge in [0, 0.05) is 15.8 Å². The summed E-state index contributed by atoms with van der Waals surface area (Å²) in [5, 5.41) is 0. The summed E-state index contributed by atoms with van der Waals surface area (Å²) in [6, 6.07) is 14.2. The summed E-state index contributed by atoms with van der Waals surface area (Å²) < 4.78 is 28.2. The van der Waals surface area contributed by atoms with E-state index in [1.54, 1.807) is 29.2 Å². The Hall–Kier alpha value is -1.57. The molecule has 1 heterocycles. The molecule has 5 nitrogen and oxygen atoms in total. The van der Waals surface area contributed by atoms with Crippen LogP contribution >= 0.6 is 15.9 Å². The van der Waals surface area contributed by atoms with E-state index in [1.807, 2.05) is 24.3 Å². The van der Waals surface area contributed by atoms with Gasteiger partial charge < -0.3 is 9.80 Å². The average molecular weight is 411 g/mol. The number of nitrogens with one attached hydrogen (secondary N) is 2. The Bertz CT molecular complexity index is 801. The van der Waals surface area contributed by atoms with E-state index in [9.17, 15) is 8.42 Å². The van der Waals surface area contributed by atoms with Crippen LogP contribution in [-0.4, -0.2) is 41.6 Å². The highest BCUT2D eigenvalue weighted by Crippen LogP contribution is 2.22. The summed E-state index contributed by atoms with van der Waals surface area (Å²) in [5.74, 6) is 0. The van der Waals surface area contributed by atoms with Crippen LogP contribution in [0.4, 0.5) is 11.4 Å². The Balaban J connectivity index is 1.72. The van der Waals surface area contributed by atoms with E-state index >= 15 is 0 Å². The third-order valence-corrected chi connectivity index (χ3v) is 6.08. The highest BCUT2D eigenvalue weighted by atomic mass is 79.9. The lowest BCUT2D eigenvalue weighted by Gasteiger charge is -2.31. The number of benzene rings is 2. The van der Waals surface area contributed by atoms with Gasteiger partial charge >= 0.3 is 0 Å². The smallest absolute Gasteiger partial charge is 0.261 e. The fourth-order valence-electron chi connectivity index (χ4n) is 2.74. The van der Waals surface area contributed by atoms with Crippen LogP contribution in [0.15, 0.2) is 57.9 Å². The van der Waals surface area contributed by atoms with Crippen molar-refractivity contribution in [1.82, 2.24) is 0 Å². The molecule has 1 saturated heterocycles. The lowest BCUT2D eigenvalue weighted by molar-refractivity contribution is -0.880. The average Bonchev–Trinajstić information content (AvgIpc) is 2.56. The number of quaternary nitrogens is 1. The molecule has 1 aliphatic heterocycles. The first kappa shape index (κ1) is 17.3. The lowest BCUT2D eigenvalue weighted by atomic mass is 10.2. The number of nitrogens with zero attached hydrogens (tertiary/aromatic N) is 1. The van der Waals surface area contributed by atoms with Gasteiger partial charge in [-0.1, -0.05) is 22.0 Å². The fourth-order valence-corrected chi connectivity index (χ4v) is 4.39. The first-order valence-electron chi connectivity index (χ1n) is 7.89. The number of hydrogen-bond donors (Lipinski definition) is 2. The van der Waals surface area contributed by atoms with Crippen molar-refractivity contribution in [2.45, 2.75) is 4.90 Å². The van der Waals surface area contributed by atoms with Crippen LogP contribution in [0.2, 0.25) is 0 Å². The number of piperazine rings is 1. The molecule has 24 heavy (non-hydrogen) atoms. The largest absolute Gasteiger partial charge is 0.360 e. The van der Waals surface area contributed by atoms with Crippen LogP contribution in [-0.2, 0) is 10.0 Å². The monoisotopic (exact) mass is 410 g/mol. The Morgan fingerprint density at radius 2 is 1.75 bits per heavy atom. The summed E-state index contributed by atoms with van der Waals surface area (Å²) in [6.07, 6.45) is 0. The highest BCUT2D eigenvalue weighted by molar-refractivity contribution is 9.10. The maximum absolute atomic E-state index is 12.4. The Morgan fingerprint density at radius 3 is 2.38 bits per heavy atom. The van der Waals surface area contributed by atoms with Crippen molar-refractivity contribution in [3.63, 3.8) is 0 Å². The van der Waals surface area contributed by atoms with Crippen LogP contribution in [0, 0.1) is 0 Å². The molecule has 2 aromatic carbocycles. The van der Waals surface area contributed by atoms with Crippen molar-refractivity contribution in [3.05, 3.63) is 53.0 Å². The first-order chi connectivity index (χ1) is 11.4. The van der Waals surface area contributed by atoms with E-state index < -0.39 is 10.0 Å². The number of sulfonamides is 1. The molecule has 0 radical (unpaired) electrons.